The van der Waals surface area contributed by atoms with Gasteiger partial charge in [0.05, 0.1) is 19.4 Å². The van der Waals surface area contributed by atoms with Gasteiger partial charge in [0.15, 0.2) is 5.76 Å². The highest BCUT2D eigenvalue weighted by Gasteiger charge is 2.23. The third-order valence-corrected chi connectivity index (χ3v) is 3.51. The van der Waals surface area contributed by atoms with Gasteiger partial charge < -0.3 is 14.0 Å². The van der Waals surface area contributed by atoms with Crippen molar-refractivity contribution in [3.8, 4) is 11.6 Å². The van der Waals surface area contributed by atoms with Gasteiger partial charge in [-0.05, 0) is 31.5 Å². The second kappa shape index (κ2) is 5.54. The number of hydrogen-bond donors (Lipinski definition) is 1. The van der Waals surface area contributed by atoms with E-state index in [1.165, 1.54) is 6.42 Å². The normalized spacial score (nSPS) is 20.8. The number of furan rings is 1. The Hall–Kier alpha value is -1.66. The molecule has 1 saturated heterocycles. The molecule has 0 saturated carbocycles. The van der Waals surface area contributed by atoms with Gasteiger partial charge in [-0.1, -0.05) is 11.6 Å². The number of likely N-dealkylation sites (tertiary alicyclic amines) is 1. The predicted octanol–water partition coefficient (Wildman–Crippen LogP) is 1.68. The van der Waals surface area contributed by atoms with Crippen molar-refractivity contribution in [1.29, 1.82) is 0 Å². The van der Waals surface area contributed by atoms with Crippen molar-refractivity contribution < 1.29 is 14.0 Å². The monoisotopic (exact) mass is 263 g/mol. The maximum Gasteiger partial charge on any atom is 0.241 e. The van der Waals surface area contributed by atoms with Gasteiger partial charge in [-0.25, -0.2) is 0 Å². The highest BCUT2D eigenvalue weighted by Crippen LogP contribution is 2.20. The van der Waals surface area contributed by atoms with E-state index in [-0.39, 0.29) is 12.6 Å². The second-order valence-electron chi connectivity index (χ2n) is 4.79. The van der Waals surface area contributed by atoms with Gasteiger partial charge in [-0.3, -0.25) is 4.90 Å². The first kappa shape index (κ1) is 12.4. The molecule has 6 nitrogen and oxygen atoms in total. The molecule has 3 heterocycles. The zero-order valence-electron chi connectivity index (χ0n) is 10.7. The molecule has 0 amide bonds. The molecule has 2 aromatic rings. The van der Waals surface area contributed by atoms with Crippen molar-refractivity contribution in [2.24, 2.45) is 0 Å². The van der Waals surface area contributed by atoms with Gasteiger partial charge in [0, 0.05) is 6.04 Å². The predicted molar refractivity (Wildman–Crippen MR) is 67.1 cm³/mol. The lowest BCUT2D eigenvalue weighted by Crippen LogP contribution is -2.41. The lowest BCUT2D eigenvalue weighted by atomic mass is 10.0. The quantitative estimate of drug-likeness (QED) is 0.904. The Kier molecular flexibility index (Phi) is 3.61. The summed E-state index contributed by atoms with van der Waals surface area (Å²) in [4.78, 5) is 6.52. The standard InChI is InChI=1S/C13H17N3O3/c17-9-10-4-1-2-6-16(10)8-12-14-13(15-19-12)11-5-3-7-18-11/h3,5,7,10,17H,1-2,4,6,8-9H2/t10-/m1/s1. The largest absolute Gasteiger partial charge is 0.461 e. The van der Waals surface area contributed by atoms with Crippen LogP contribution in [0.3, 0.4) is 0 Å². The van der Waals surface area contributed by atoms with Crippen LogP contribution in [0.5, 0.6) is 0 Å². The van der Waals surface area contributed by atoms with Crippen LogP contribution >= 0.6 is 0 Å². The molecule has 0 unspecified atom stereocenters. The lowest BCUT2D eigenvalue weighted by Gasteiger charge is -2.33. The van der Waals surface area contributed by atoms with Crippen molar-refractivity contribution in [2.75, 3.05) is 13.2 Å². The molecule has 0 bridgehead atoms. The Balaban J connectivity index is 1.69. The molecule has 6 heteroatoms. The van der Waals surface area contributed by atoms with E-state index in [2.05, 4.69) is 15.0 Å². The highest BCUT2D eigenvalue weighted by atomic mass is 16.5. The molecule has 1 aliphatic heterocycles. The molecule has 1 fully saturated rings. The van der Waals surface area contributed by atoms with E-state index in [1.54, 1.807) is 18.4 Å². The molecule has 1 aliphatic rings. The third kappa shape index (κ3) is 2.69. The molecule has 1 atom stereocenters. The minimum Gasteiger partial charge on any atom is -0.461 e. The fraction of sp³-hybridized carbons (Fsp3) is 0.538. The van der Waals surface area contributed by atoms with Gasteiger partial charge in [-0.2, -0.15) is 4.98 Å². The van der Waals surface area contributed by atoms with Crippen molar-refractivity contribution in [3.05, 3.63) is 24.3 Å². The molecular formula is C13H17N3O3. The van der Waals surface area contributed by atoms with Crippen LogP contribution in [0.15, 0.2) is 27.3 Å². The Morgan fingerprint density at radius 3 is 3.16 bits per heavy atom. The first-order chi connectivity index (χ1) is 9.36. The summed E-state index contributed by atoms with van der Waals surface area (Å²) in [6.45, 7) is 1.72. The average molecular weight is 263 g/mol. The van der Waals surface area contributed by atoms with Crippen molar-refractivity contribution in [1.82, 2.24) is 15.0 Å². The minimum absolute atomic E-state index is 0.180. The zero-order valence-corrected chi connectivity index (χ0v) is 10.7. The van der Waals surface area contributed by atoms with Gasteiger partial charge >= 0.3 is 0 Å². The fourth-order valence-corrected chi connectivity index (χ4v) is 2.47. The summed E-state index contributed by atoms with van der Waals surface area (Å²) in [5, 5.41) is 13.3. The van der Waals surface area contributed by atoms with Gasteiger partial charge in [0.2, 0.25) is 11.7 Å². The number of aliphatic hydroxyl groups is 1. The van der Waals surface area contributed by atoms with E-state index in [0.29, 0.717) is 24.0 Å². The van der Waals surface area contributed by atoms with Gasteiger partial charge in [0.25, 0.3) is 0 Å². The van der Waals surface area contributed by atoms with Crippen molar-refractivity contribution in [3.63, 3.8) is 0 Å². The van der Waals surface area contributed by atoms with E-state index in [1.807, 2.05) is 0 Å². The molecule has 3 rings (SSSR count). The summed E-state index contributed by atoms with van der Waals surface area (Å²) in [7, 11) is 0. The second-order valence-corrected chi connectivity index (χ2v) is 4.79. The average Bonchev–Trinajstić information content (AvgIpc) is 3.09. The fourth-order valence-electron chi connectivity index (χ4n) is 2.47. The minimum atomic E-state index is 0.180. The summed E-state index contributed by atoms with van der Waals surface area (Å²) < 4.78 is 10.5. The molecule has 0 radical (unpaired) electrons. The molecule has 2 aromatic heterocycles. The van der Waals surface area contributed by atoms with Crippen LogP contribution in [0.2, 0.25) is 0 Å². The molecular weight excluding hydrogens is 246 g/mol. The first-order valence-corrected chi connectivity index (χ1v) is 6.58. The lowest BCUT2D eigenvalue weighted by molar-refractivity contribution is 0.0749. The van der Waals surface area contributed by atoms with Gasteiger partial charge in [0.1, 0.15) is 0 Å². The van der Waals surface area contributed by atoms with E-state index in [0.717, 1.165) is 19.4 Å². The van der Waals surface area contributed by atoms with E-state index in [9.17, 15) is 5.11 Å². The molecule has 0 aliphatic carbocycles. The van der Waals surface area contributed by atoms with Crippen LogP contribution < -0.4 is 0 Å². The van der Waals surface area contributed by atoms with Gasteiger partial charge in [-0.15, -0.1) is 0 Å². The van der Waals surface area contributed by atoms with Crippen LogP contribution in [0.1, 0.15) is 25.2 Å². The van der Waals surface area contributed by atoms with E-state index < -0.39 is 0 Å². The Morgan fingerprint density at radius 2 is 2.37 bits per heavy atom. The van der Waals surface area contributed by atoms with Crippen LogP contribution in [-0.4, -0.2) is 39.3 Å². The highest BCUT2D eigenvalue weighted by molar-refractivity contribution is 5.44. The number of aromatic nitrogens is 2. The summed E-state index contributed by atoms with van der Waals surface area (Å²) in [6, 6.07) is 3.79. The summed E-state index contributed by atoms with van der Waals surface area (Å²) >= 11 is 0. The zero-order chi connectivity index (χ0) is 13.1. The van der Waals surface area contributed by atoms with Crippen LogP contribution in [0, 0.1) is 0 Å². The van der Waals surface area contributed by atoms with Crippen molar-refractivity contribution >= 4 is 0 Å². The van der Waals surface area contributed by atoms with Crippen molar-refractivity contribution in [2.45, 2.75) is 31.8 Å². The van der Waals surface area contributed by atoms with E-state index >= 15 is 0 Å². The number of piperidine rings is 1. The Morgan fingerprint density at radius 1 is 1.42 bits per heavy atom. The van der Waals surface area contributed by atoms with Crippen LogP contribution in [0.25, 0.3) is 11.6 Å². The smallest absolute Gasteiger partial charge is 0.241 e. The Bertz CT molecular complexity index is 509. The number of nitrogens with zero attached hydrogens (tertiary/aromatic N) is 3. The molecule has 102 valence electrons. The third-order valence-electron chi connectivity index (χ3n) is 3.51. The summed E-state index contributed by atoms with van der Waals surface area (Å²) in [5.74, 6) is 1.64. The maximum atomic E-state index is 9.37. The molecule has 19 heavy (non-hydrogen) atoms. The number of aliphatic hydroxyl groups excluding tert-OH is 1. The van der Waals surface area contributed by atoms with Crippen LogP contribution in [0.4, 0.5) is 0 Å². The topological polar surface area (TPSA) is 75.5 Å². The Labute approximate surface area is 111 Å². The number of rotatable bonds is 4. The molecule has 0 aromatic carbocycles. The SMILES string of the molecule is OC[C@H]1CCCCN1Cc1nc(-c2ccco2)no1. The summed E-state index contributed by atoms with van der Waals surface area (Å²) in [6.07, 6.45) is 4.92. The number of hydrogen-bond acceptors (Lipinski definition) is 6. The van der Waals surface area contributed by atoms with Crippen LogP contribution in [-0.2, 0) is 6.54 Å². The summed E-state index contributed by atoms with van der Waals surface area (Å²) in [5.41, 5.74) is 0. The molecule has 1 N–H and O–H groups in total. The molecule has 0 spiro atoms. The first-order valence-electron chi connectivity index (χ1n) is 6.58. The van der Waals surface area contributed by atoms with E-state index in [4.69, 9.17) is 8.94 Å². The maximum absolute atomic E-state index is 9.37.